The molecule has 0 aliphatic rings. The number of benzene rings is 4. The number of hydrogen-bond donors (Lipinski definition) is 4. The molecule has 0 radical (unpaired) electrons. The van der Waals surface area contributed by atoms with Gasteiger partial charge in [0, 0.05) is 29.5 Å². The predicted molar refractivity (Wildman–Crippen MR) is 165 cm³/mol. The third-order valence-corrected chi connectivity index (χ3v) is 9.66. The second-order valence-corrected chi connectivity index (χ2v) is 13.1. The molecule has 4 N–H and O–H groups in total. The molecule has 0 spiro atoms. The lowest BCUT2D eigenvalue weighted by Crippen LogP contribution is -2.39. The van der Waals surface area contributed by atoms with E-state index in [4.69, 9.17) is 16.7 Å². The maximum Gasteiger partial charge on any atom is 0.394 e. The first-order chi connectivity index (χ1) is 20.9. The van der Waals surface area contributed by atoms with E-state index in [2.05, 4.69) is 15.4 Å². The standard InChI is InChI=1S/C29H25ClN4O8S2/c30-20-13-15-24(16-14-20)43(39,40)31-17-18-34(23-9-2-1-3-10-23)44(41,42)26-12-5-4-11-25(26)27(35)32-21-7-6-8-22(19-21)33-28(36)29(37)38/h1-16,19,31H,17-18H2,(H,32,35)(H,33,36)(H,37,38). The minimum absolute atomic E-state index is 0.0513. The highest BCUT2D eigenvalue weighted by atomic mass is 35.5. The van der Waals surface area contributed by atoms with Gasteiger partial charge in [0.1, 0.15) is 4.90 Å². The minimum atomic E-state index is -4.45. The lowest BCUT2D eigenvalue weighted by molar-refractivity contribution is -0.147. The Kier molecular flexibility index (Phi) is 10.0. The van der Waals surface area contributed by atoms with Gasteiger partial charge >= 0.3 is 11.9 Å². The monoisotopic (exact) mass is 656 g/mol. The first-order valence-corrected chi connectivity index (χ1v) is 16.1. The maximum atomic E-state index is 14.1. The molecule has 4 aromatic carbocycles. The Morgan fingerprint density at radius 3 is 2.02 bits per heavy atom. The molecule has 12 nitrogen and oxygen atoms in total. The summed E-state index contributed by atoms with van der Waals surface area (Å²) in [5.41, 5.74) is 0.264. The van der Waals surface area contributed by atoms with Crippen LogP contribution in [0.3, 0.4) is 0 Å². The third-order valence-electron chi connectivity index (χ3n) is 6.05. The number of hydrogen-bond acceptors (Lipinski definition) is 7. The first-order valence-electron chi connectivity index (χ1n) is 12.8. The van der Waals surface area contributed by atoms with E-state index in [1.807, 2.05) is 0 Å². The molecule has 0 bridgehead atoms. The fraction of sp³-hybridized carbons (Fsp3) is 0.0690. The topological polar surface area (TPSA) is 179 Å². The van der Waals surface area contributed by atoms with Crippen molar-refractivity contribution in [2.75, 3.05) is 28.0 Å². The van der Waals surface area contributed by atoms with Crippen LogP contribution in [0.5, 0.6) is 0 Å². The number of amides is 2. The summed E-state index contributed by atoms with van der Waals surface area (Å²) in [5.74, 6) is -3.77. The molecule has 0 unspecified atom stereocenters. The average molecular weight is 657 g/mol. The van der Waals surface area contributed by atoms with Gasteiger partial charge in [-0.15, -0.1) is 0 Å². The van der Waals surface area contributed by atoms with Crippen LogP contribution >= 0.6 is 11.6 Å². The number of nitrogens with one attached hydrogen (secondary N) is 3. The molecular formula is C29H25ClN4O8S2. The summed E-state index contributed by atoms with van der Waals surface area (Å²) < 4.78 is 57.1. The van der Waals surface area contributed by atoms with Crippen LogP contribution in [0.15, 0.2) is 113 Å². The SMILES string of the molecule is O=C(O)C(=O)Nc1cccc(NC(=O)c2ccccc2S(=O)(=O)N(CCNS(=O)(=O)c2ccc(Cl)cc2)c2ccccc2)c1. The normalized spacial score (nSPS) is 11.4. The van der Waals surface area contributed by atoms with Crippen LogP contribution in [-0.2, 0) is 29.6 Å². The van der Waals surface area contributed by atoms with E-state index in [1.165, 1.54) is 84.9 Å². The highest BCUT2D eigenvalue weighted by molar-refractivity contribution is 7.93. The zero-order valence-electron chi connectivity index (χ0n) is 22.7. The minimum Gasteiger partial charge on any atom is -0.474 e. The van der Waals surface area contributed by atoms with Gasteiger partial charge in [-0.25, -0.2) is 26.4 Å². The highest BCUT2D eigenvalue weighted by Gasteiger charge is 2.30. The van der Waals surface area contributed by atoms with Crippen molar-refractivity contribution >= 4 is 66.5 Å². The highest BCUT2D eigenvalue weighted by Crippen LogP contribution is 2.27. The molecule has 0 aromatic heterocycles. The van der Waals surface area contributed by atoms with Gasteiger partial charge in [-0.2, -0.15) is 0 Å². The molecular weight excluding hydrogens is 632 g/mol. The summed E-state index contributed by atoms with van der Waals surface area (Å²) in [5, 5.41) is 13.9. The lowest BCUT2D eigenvalue weighted by atomic mass is 10.2. The Labute approximate surface area is 258 Å². The zero-order valence-corrected chi connectivity index (χ0v) is 25.1. The van der Waals surface area contributed by atoms with Gasteiger partial charge in [-0.3, -0.25) is 13.9 Å². The molecule has 0 saturated carbocycles. The van der Waals surface area contributed by atoms with Crippen LogP contribution in [0.1, 0.15) is 10.4 Å². The van der Waals surface area contributed by atoms with Crippen molar-refractivity contribution in [2.45, 2.75) is 9.79 Å². The van der Waals surface area contributed by atoms with Crippen molar-refractivity contribution in [1.29, 1.82) is 0 Å². The molecule has 0 aliphatic heterocycles. The summed E-state index contributed by atoms with van der Waals surface area (Å²) in [4.78, 5) is 35.3. The molecule has 15 heteroatoms. The number of sulfonamides is 2. The van der Waals surface area contributed by atoms with E-state index in [9.17, 15) is 31.2 Å². The van der Waals surface area contributed by atoms with Gasteiger partial charge in [0.05, 0.1) is 16.1 Å². The van der Waals surface area contributed by atoms with Crippen molar-refractivity contribution in [3.63, 3.8) is 0 Å². The third kappa shape index (κ3) is 7.79. The summed E-state index contributed by atoms with van der Waals surface area (Å²) in [6.07, 6.45) is 0. The van der Waals surface area contributed by atoms with Crippen LogP contribution in [0.4, 0.5) is 17.1 Å². The fourth-order valence-corrected chi connectivity index (χ4v) is 6.82. The number of rotatable bonds is 11. The smallest absolute Gasteiger partial charge is 0.394 e. The summed E-state index contributed by atoms with van der Waals surface area (Å²) >= 11 is 5.85. The van der Waals surface area contributed by atoms with E-state index in [-0.39, 0.29) is 45.5 Å². The number of carbonyl (C=O) groups excluding carboxylic acids is 2. The van der Waals surface area contributed by atoms with Gasteiger partial charge in [0.15, 0.2) is 0 Å². The van der Waals surface area contributed by atoms with Gasteiger partial charge in [0.2, 0.25) is 10.0 Å². The number of halogens is 1. The molecule has 0 fully saturated rings. The second kappa shape index (κ2) is 13.7. The maximum absolute atomic E-state index is 14.1. The van der Waals surface area contributed by atoms with Crippen molar-refractivity contribution in [3.05, 3.63) is 114 Å². The summed E-state index contributed by atoms with van der Waals surface area (Å²) in [6, 6.07) is 24.6. The predicted octanol–water partition coefficient (Wildman–Crippen LogP) is 3.79. The van der Waals surface area contributed by atoms with Crippen LogP contribution in [-0.4, -0.2) is 52.8 Å². The molecule has 0 aliphatic carbocycles. The largest absolute Gasteiger partial charge is 0.474 e. The van der Waals surface area contributed by atoms with Crippen molar-refractivity contribution < 1.29 is 36.3 Å². The average Bonchev–Trinajstić information content (AvgIpc) is 3.00. The van der Waals surface area contributed by atoms with Crippen molar-refractivity contribution in [1.82, 2.24) is 4.72 Å². The molecule has 4 aromatic rings. The quantitative estimate of drug-likeness (QED) is 0.176. The Morgan fingerprint density at radius 1 is 0.750 bits per heavy atom. The van der Waals surface area contributed by atoms with Crippen molar-refractivity contribution in [3.8, 4) is 0 Å². The fourth-order valence-electron chi connectivity index (χ4n) is 4.02. The van der Waals surface area contributed by atoms with E-state index in [0.717, 1.165) is 4.31 Å². The number of para-hydroxylation sites is 1. The van der Waals surface area contributed by atoms with Gasteiger partial charge in [0.25, 0.3) is 15.9 Å². The first kappa shape index (κ1) is 32.2. The molecule has 44 heavy (non-hydrogen) atoms. The zero-order chi connectivity index (χ0) is 31.9. The van der Waals surface area contributed by atoms with Crippen LogP contribution < -0.4 is 19.7 Å². The van der Waals surface area contributed by atoms with Crippen LogP contribution in [0, 0.1) is 0 Å². The van der Waals surface area contributed by atoms with E-state index < -0.39 is 37.8 Å². The number of anilines is 3. The van der Waals surface area contributed by atoms with Crippen LogP contribution in [0.2, 0.25) is 5.02 Å². The van der Waals surface area contributed by atoms with Crippen molar-refractivity contribution in [2.24, 2.45) is 0 Å². The number of aliphatic carboxylic acids is 1. The number of carboxylic acids is 1. The number of carboxylic acid groups (broad SMARTS) is 1. The van der Waals surface area contributed by atoms with Crippen LogP contribution in [0.25, 0.3) is 0 Å². The van der Waals surface area contributed by atoms with E-state index in [0.29, 0.717) is 5.02 Å². The Morgan fingerprint density at radius 2 is 1.36 bits per heavy atom. The van der Waals surface area contributed by atoms with Gasteiger partial charge < -0.3 is 15.7 Å². The Balaban J connectivity index is 1.60. The second-order valence-electron chi connectivity index (χ2n) is 9.05. The molecule has 0 heterocycles. The summed E-state index contributed by atoms with van der Waals surface area (Å²) in [7, 11) is -8.44. The molecule has 0 saturated heterocycles. The number of nitrogens with zero attached hydrogens (tertiary/aromatic N) is 1. The molecule has 2 amide bonds. The number of carbonyl (C=O) groups is 3. The Hall–Kier alpha value is -4.76. The van der Waals surface area contributed by atoms with Gasteiger partial charge in [-0.05, 0) is 66.7 Å². The van der Waals surface area contributed by atoms with Gasteiger partial charge in [-0.1, -0.05) is 48.0 Å². The van der Waals surface area contributed by atoms with E-state index in [1.54, 1.807) is 18.2 Å². The molecule has 4 rings (SSSR count). The summed E-state index contributed by atoms with van der Waals surface area (Å²) in [6.45, 7) is -0.622. The molecule has 0 atom stereocenters. The molecule has 228 valence electrons. The lowest BCUT2D eigenvalue weighted by Gasteiger charge is -2.25. The Bertz CT molecular complexity index is 1900. The van der Waals surface area contributed by atoms with E-state index >= 15 is 0 Å².